The van der Waals surface area contributed by atoms with Gasteiger partial charge in [0.2, 0.25) is 0 Å². The van der Waals surface area contributed by atoms with E-state index in [9.17, 15) is 9.59 Å². The fourth-order valence-corrected chi connectivity index (χ4v) is 6.83. The molecule has 5 nitrogen and oxygen atoms in total. The molecule has 0 saturated carbocycles. The molecule has 0 aliphatic rings. The first-order valence-electron chi connectivity index (χ1n) is 24.8. The maximum absolute atomic E-state index is 12.7. The summed E-state index contributed by atoms with van der Waals surface area (Å²) in [4.78, 5) is 25.3. The van der Waals surface area contributed by atoms with Crippen molar-refractivity contribution in [2.75, 3.05) is 19.8 Å². The van der Waals surface area contributed by atoms with E-state index in [1.165, 1.54) is 116 Å². The Labute approximate surface area is 360 Å². The van der Waals surface area contributed by atoms with Crippen LogP contribution in [0, 0.1) is 0 Å². The lowest BCUT2D eigenvalue weighted by Gasteiger charge is -2.18. The van der Waals surface area contributed by atoms with Crippen LogP contribution in [-0.2, 0) is 23.8 Å². The number of ether oxygens (including phenoxy) is 3. The second kappa shape index (κ2) is 49.0. The molecule has 58 heavy (non-hydrogen) atoms. The quantitative estimate of drug-likeness (QED) is 0.0348. The Bertz CT molecular complexity index is 1010. The second-order valence-electron chi connectivity index (χ2n) is 16.3. The summed E-state index contributed by atoms with van der Waals surface area (Å²) in [6.07, 6.45) is 60.8. The van der Waals surface area contributed by atoms with Crippen LogP contribution < -0.4 is 0 Å². The number of hydrogen-bond acceptors (Lipinski definition) is 5. The number of carbonyl (C=O) groups is 2. The Morgan fingerprint density at radius 2 is 0.793 bits per heavy atom. The van der Waals surface area contributed by atoms with E-state index in [-0.39, 0.29) is 25.2 Å². The minimum atomic E-state index is -0.554. The molecule has 0 rings (SSSR count). The van der Waals surface area contributed by atoms with Crippen molar-refractivity contribution in [2.24, 2.45) is 0 Å². The summed E-state index contributed by atoms with van der Waals surface area (Å²) in [5, 5.41) is 0. The molecular formula is C53H94O5. The van der Waals surface area contributed by atoms with Gasteiger partial charge in [-0.2, -0.15) is 0 Å². The molecule has 0 bridgehead atoms. The first-order chi connectivity index (χ1) is 28.6. The first-order valence-corrected chi connectivity index (χ1v) is 24.8. The number of unbranched alkanes of at least 4 members (excludes halogenated alkanes) is 24. The zero-order chi connectivity index (χ0) is 42.1. The molecule has 0 radical (unpaired) electrons. The highest BCUT2D eigenvalue weighted by Crippen LogP contribution is 2.15. The van der Waals surface area contributed by atoms with Gasteiger partial charge in [-0.3, -0.25) is 9.59 Å². The fourth-order valence-electron chi connectivity index (χ4n) is 6.83. The first kappa shape index (κ1) is 55.6. The predicted molar refractivity (Wildman–Crippen MR) is 251 cm³/mol. The van der Waals surface area contributed by atoms with Crippen molar-refractivity contribution in [3.8, 4) is 0 Å². The highest BCUT2D eigenvalue weighted by Gasteiger charge is 2.17. The normalized spacial score (nSPS) is 12.7. The van der Waals surface area contributed by atoms with Gasteiger partial charge in [0, 0.05) is 19.4 Å². The Morgan fingerprint density at radius 1 is 0.397 bits per heavy atom. The highest BCUT2D eigenvalue weighted by atomic mass is 16.6. The van der Waals surface area contributed by atoms with E-state index >= 15 is 0 Å². The van der Waals surface area contributed by atoms with E-state index in [1.54, 1.807) is 0 Å². The third-order valence-electron chi connectivity index (χ3n) is 10.5. The van der Waals surface area contributed by atoms with Gasteiger partial charge >= 0.3 is 11.9 Å². The smallest absolute Gasteiger partial charge is 0.306 e. The summed E-state index contributed by atoms with van der Waals surface area (Å²) in [7, 11) is 0. The van der Waals surface area contributed by atoms with Crippen LogP contribution in [0.3, 0.4) is 0 Å². The molecule has 0 saturated heterocycles. The molecule has 1 unspecified atom stereocenters. The van der Waals surface area contributed by atoms with E-state index in [0.29, 0.717) is 19.4 Å². The average molecular weight is 811 g/mol. The molecule has 0 spiro atoms. The van der Waals surface area contributed by atoms with E-state index in [1.807, 2.05) is 0 Å². The van der Waals surface area contributed by atoms with E-state index in [2.05, 4.69) is 81.5 Å². The summed E-state index contributed by atoms with van der Waals surface area (Å²) in [5.41, 5.74) is 0. The lowest BCUT2D eigenvalue weighted by atomic mass is 10.0. The minimum absolute atomic E-state index is 0.0704. The van der Waals surface area contributed by atoms with E-state index in [4.69, 9.17) is 14.2 Å². The van der Waals surface area contributed by atoms with Gasteiger partial charge in [0.15, 0.2) is 6.10 Å². The second-order valence-corrected chi connectivity index (χ2v) is 16.3. The molecule has 0 aliphatic carbocycles. The summed E-state index contributed by atoms with van der Waals surface area (Å²) in [6, 6.07) is 0. The molecule has 0 amide bonds. The van der Waals surface area contributed by atoms with E-state index in [0.717, 1.165) is 89.9 Å². The zero-order valence-electron chi connectivity index (χ0n) is 38.6. The Hall–Kier alpha value is -2.40. The van der Waals surface area contributed by atoms with Crippen molar-refractivity contribution in [3.63, 3.8) is 0 Å². The van der Waals surface area contributed by atoms with Gasteiger partial charge in [0.25, 0.3) is 0 Å². The Morgan fingerprint density at radius 3 is 1.31 bits per heavy atom. The summed E-state index contributed by atoms with van der Waals surface area (Å²) in [6.45, 7) is 7.62. The fraction of sp³-hybridized carbons (Fsp3) is 0.774. The van der Waals surface area contributed by atoms with Crippen molar-refractivity contribution < 1.29 is 23.8 Å². The van der Waals surface area contributed by atoms with Gasteiger partial charge < -0.3 is 14.2 Å². The molecular weight excluding hydrogens is 717 g/mol. The molecule has 336 valence electrons. The Balaban J connectivity index is 4.29. The van der Waals surface area contributed by atoms with Crippen LogP contribution in [0.5, 0.6) is 0 Å². The molecule has 0 heterocycles. The zero-order valence-corrected chi connectivity index (χ0v) is 38.6. The van der Waals surface area contributed by atoms with Crippen molar-refractivity contribution in [2.45, 2.75) is 245 Å². The van der Waals surface area contributed by atoms with Crippen LogP contribution in [0.25, 0.3) is 0 Å². The molecule has 0 aromatic heterocycles. The van der Waals surface area contributed by atoms with Crippen LogP contribution in [0.15, 0.2) is 60.8 Å². The minimum Gasteiger partial charge on any atom is -0.462 e. The van der Waals surface area contributed by atoms with Gasteiger partial charge in [-0.05, 0) is 77.0 Å². The van der Waals surface area contributed by atoms with Gasteiger partial charge in [-0.15, -0.1) is 0 Å². The number of allylic oxidation sites excluding steroid dienone is 10. The SMILES string of the molecule is CC/C=C\C/C=C\C/C=C\C/C=C\CCCCCOCC(COC(=O)CCCCCCCCCCCCCCCCC)OC(=O)CCCCCCC/C=C\CCCC. The summed E-state index contributed by atoms with van der Waals surface area (Å²) in [5.74, 6) is -0.421. The number of rotatable bonds is 45. The van der Waals surface area contributed by atoms with Crippen LogP contribution in [-0.4, -0.2) is 37.9 Å². The van der Waals surface area contributed by atoms with Crippen LogP contribution in [0.2, 0.25) is 0 Å². The van der Waals surface area contributed by atoms with Crippen molar-refractivity contribution in [1.82, 2.24) is 0 Å². The Kier molecular flexibility index (Phi) is 46.9. The predicted octanol–water partition coefficient (Wildman–Crippen LogP) is 16.6. The van der Waals surface area contributed by atoms with Crippen molar-refractivity contribution in [3.05, 3.63) is 60.8 Å². The van der Waals surface area contributed by atoms with E-state index < -0.39 is 6.10 Å². The molecule has 0 aromatic carbocycles. The van der Waals surface area contributed by atoms with Crippen LogP contribution in [0.4, 0.5) is 0 Å². The van der Waals surface area contributed by atoms with Gasteiger partial charge in [0.05, 0.1) is 6.61 Å². The standard InChI is InChI=1S/C53H94O5/c1-4-7-10-13-16-19-22-24-26-28-30-33-36-39-42-45-48-56-49-51(58-53(55)47-44-41-38-35-31-21-18-15-12-9-6-3)50-57-52(54)46-43-40-37-34-32-29-27-25-23-20-17-14-11-8-5-2/h7,10,15-16,18-19,24,26,30,33,51H,4-6,8-9,11-14,17,20-23,25,27-29,31-32,34-50H2,1-3H3/b10-7-,18-15-,19-16-,26-24-,33-30-. The molecule has 1 atom stereocenters. The topological polar surface area (TPSA) is 61.8 Å². The summed E-state index contributed by atoms with van der Waals surface area (Å²) >= 11 is 0. The van der Waals surface area contributed by atoms with Gasteiger partial charge in [-0.25, -0.2) is 0 Å². The number of esters is 2. The van der Waals surface area contributed by atoms with Gasteiger partial charge in [0.1, 0.15) is 6.61 Å². The van der Waals surface area contributed by atoms with Crippen molar-refractivity contribution in [1.29, 1.82) is 0 Å². The largest absolute Gasteiger partial charge is 0.462 e. The van der Waals surface area contributed by atoms with Crippen molar-refractivity contribution >= 4 is 11.9 Å². The number of hydrogen-bond donors (Lipinski definition) is 0. The summed E-state index contributed by atoms with van der Waals surface area (Å²) < 4.78 is 17.3. The third kappa shape index (κ3) is 46.3. The number of carbonyl (C=O) groups excluding carboxylic acids is 2. The maximum atomic E-state index is 12.7. The monoisotopic (exact) mass is 811 g/mol. The third-order valence-corrected chi connectivity index (χ3v) is 10.5. The lowest BCUT2D eigenvalue weighted by Crippen LogP contribution is -2.30. The molecule has 0 N–H and O–H groups in total. The molecule has 0 aliphatic heterocycles. The van der Waals surface area contributed by atoms with Crippen LogP contribution >= 0.6 is 0 Å². The van der Waals surface area contributed by atoms with Gasteiger partial charge in [-0.1, -0.05) is 210 Å². The molecule has 5 heteroatoms. The maximum Gasteiger partial charge on any atom is 0.306 e. The highest BCUT2D eigenvalue weighted by molar-refractivity contribution is 5.70. The molecule has 0 aromatic rings. The molecule has 0 fully saturated rings. The lowest BCUT2D eigenvalue weighted by molar-refractivity contribution is -0.163. The van der Waals surface area contributed by atoms with Crippen LogP contribution in [0.1, 0.15) is 239 Å². The average Bonchev–Trinajstić information content (AvgIpc) is 3.22.